The lowest BCUT2D eigenvalue weighted by Gasteiger charge is -2.72. The summed E-state index contributed by atoms with van der Waals surface area (Å²) < 4.78 is 23.0. The van der Waals surface area contributed by atoms with E-state index in [1.54, 1.807) is 0 Å². The van der Waals surface area contributed by atoms with E-state index in [4.69, 9.17) is 18.9 Å². The zero-order valence-electron chi connectivity index (χ0n) is 33.7. The molecule has 21 atom stereocenters. The fraction of sp³-hybridized carbons (Fsp3) is 0.929. The van der Waals surface area contributed by atoms with Crippen molar-refractivity contribution in [1.82, 2.24) is 0 Å². The van der Waals surface area contributed by atoms with Crippen LogP contribution in [0.25, 0.3) is 0 Å². The number of carbonyl (C=O) groups is 1. The van der Waals surface area contributed by atoms with E-state index in [2.05, 4.69) is 34.3 Å². The minimum Gasteiger partial charge on any atom is -0.432 e. The summed E-state index contributed by atoms with van der Waals surface area (Å²) in [6.45, 7) is 14.6. The van der Waals surface area contributed by atoms with Gasteiger partial charge >= 0.3 is 5.97 Å². The molecule has 5 aliphatic carbocycles. The van der Waals surface area contributed by atoms with E-state index in [1.807, 2.05) is 6.92 Å². The summed E-state index contributed by atoms with van der Waals surface area (Å²) in [5.74, 6) is 0.252. The Kier molecular flexibility index (Phi) is 11.5. The first-order chi connectivity index (χ1) is 26.3. The Labute approximate surface area is 330 Å². The maximum atomic E-state index is 14.8. The van der Waals surface area contributed by atoms with E-state index in [-0.39, 0.29) is 46.5 Å². The summed E-state index contributed by atoms with van der Waals surface area (Å²) >= 11 is 0. The molecule has 5 saturated carbocycles. The van der Waals surface area contributed by atoms with Gasteiger partial charge in [0.2, 0.25) is 6.29 Å². The predicted molar refractivity (Wildman–Crippen MR) is 199 cm³/mol. The molecule has 14 heteroatoms. The summed E-state index contributed by atoms with van der Waals surface area (Å²) in [5, 5.41) is 94.8. The average Bonchev–Trinajstić information content (AvgIpc) is 3.57. The van der Waals surface area contributed by atoms with Gasteiger partial charge in [0.1, 0.15) is 48.8 Å². The summed E-state index contributed by atoms with van der Waals surface area (Å²) in [6, 6.07) is 0. The SMILES string of the molecule is C=C(C)[C@@H]1CC[C@]2(C(=O)O[C@@H]3O[C@H](CO[C@@H]4O[C@H](CO)[C@@H](O)[C@H](O)[C@H]4O)[C@@H](O)[C@H](O)[C@H]3O)CC[C@]3(C)[C@H](CC[C@@H]4[C@@]5(C)CC[C@H](O)[C@@](C)(CO)[C@H]5CC[C@]43C)[C@@H]12. The van der Waals surface area contributed by atoms with Crippen molar-refractivity contribution in [1.29, 1.82) is 0 Å². The molecule has 2 aliphatic heterocycles. The second-order valence-corrected chi connectivity index (χ2v) is 20.0. The Morgan fingerprint density at radius 2 is 1.34 bits per heavy atom. The second kappa shape index (κ2) is 15.0. The standard InChI is InChI=1S/C42H68O14/c1-20(2)21-9-14-42(37(52)56-36-34(51)32(49)30(47)24(55-36)18-53-35-33(50)31(48)29(46)23(17-43)54-35)16-15-40(5)22(28(21)42)7-8-26-38(3)12-11-27(45)39(4,19-44)25(38)10-13-41(26,40)6/h21-36,43-51H,1,7-19H2,2-6H3/t21-,22+,23+,24+,25-,26+,27-,28+,29+,30+,31-,32-,33+,34+,35+,36-,38-,39-,40+,41+,42-/m0/s1. The molecule has 9 N–H and O–H groups in total. The third kappa shape index (κ3) is 6.13. The van der Waals surface area contributed by atoms with E-state index >= 15 is 0 Å². The van der Waals surface area contributed by atoms with Gasteiger partial charge in [-0.15, -0.1) is 0 Å². The van der Waals surface area contributed by atoms with Gasteiger partial charge in [0, 0.05) is 5.41 Å². The highest BCUT2D eigenvalue weighted by Gasteiger charge is 2.72. The maximum absolute atomic E-state index is 14.8. The molecule has 0 aromatic heterocycles. The van der Waals surface area contributed by atoms with Gasteiger partial charge in [-0.05, 0) is 117 Å². The average molecular weight is 797 g/mol. The molecule has 14 nitrogen and oxygen atoms in total. The van der Waals surface area contributed by atoms with Gasteiger partial charge in [-0.2, -0.15) is 0 Å². The van der Waals surface area contributed by atoms with Crippen LogP contribution in [0.3, 0.4) is 0 Å². The van der Waals surface area contributed by atoms with E-state index < -0.39 is 97.5 Å². The highest BCUT2D eigenvalue weighted by molar-refractivity contribution is 5.78. The first kappa shape index (κ1) is 42.8. The van der Waals surface area contributed by atoms with E-state index in [0.29, 0.717) is 25.2 Å². The van der Waals surface area contributed by atoms with Gasteiger partial charge < -0.3 is 64.9 Å². The molecule has 0 aromatic rings. The molecular formula is C42H68O14. The van der Waals surface area contributed by atoms with E-state index in [0.717, 1.165) is 50.5 Å². The lowest BCUT2D eigenvalue weighted by molar-refractivity contribution is -0.328. The molecule has 7 rings (SSSR count). The van der Waals surface area contributed by atoms with Crippen LogP contribution in [-0.4, -0.2) is 139 Å². The smallest absolute Gasteiger partial charge is 0.314 e. The van der Waals surface area contributed by atoms with Crippen molar-refractivity contribution in [2.24, 2.45) is 56.7 Å². The normalized spacial score (nSPS) is 55.6. The Morgan fingerprint density at radius 1 is 0.696 bits per heavy atom. The van der Waals surface area contributed by atoms with Crippen molar-refractivity contribution in [3.05, 3.63) is 12.2 Å². The second-order valence-electron chi connectivity index (χ2n) is 20.0. The third-order valence-electron chi connectivity index (χ3n) is 17.8. The van der Waals surface area contributed by atoms with Crippen LogP contribution < -0.4 is 0 Å². The fourth-order valence-corrected chi connectivity index (χ4v) is 14.3. The molecule has 320 valence electrons. The van der Waals surface area contributed by atoms with E-state index in [1.165, 1.54) is 0 Å². The zero-order valence-corrected chi connectivity index (χ0v) is 33.7. The monoisotopic (exact) mass is 796 g/mol. The first-order valence-corrected chi connectivity index (χ1v) is 21.0. The lowest BCUT2D eigenvalue weighted by atomic mass is 9.32. The number of aliphatic hydroxyl groups is 9. The van der Waals surface area contributed by atoms with Gasteiger partial charge in [0.15, 0.2) is 6.29 Å². The number of rotatable bonds is 8. The largest absolute Gasteiger partial charge is 0.432 e. The lowest BCUT2D eigenvalue weighted by Crippen LogP contribution is -2.68. The molecule has 2 saturated heterocycles. The number of esters is 1. The Bertz CT molecular complexity index is 1480. The molecule has 2 heterocycles. The minimum absolute atomic E-state index is 0.0356. The predicted octanol–water partition coefficient (Wildman–Crippen LogP) is 1.14. The summed E-state index contributed by atoms with van der Waals surface area (Å²) in [4.78, 5) is 14.8. The van der Waals surface area contributed by atoms with Gasteiger partial charge in [0.25, 0.3) is 0 Å². The molecule has 56 heavy (non-hydrogen) atoms. The summed E-state index contributed by atoms with van der Waals surface area (Å²) in [7, 11) is 0. The van der Waals surface area contributed by atoms with Crippen LogP contribution in [0.5, 0.6) is 0 Å². The molecule has 0 radical (unpaired) electrons. The quantitative estimate of drug-likeness (QED) is 0.124. The molecule has 7 fully saturated rings. The molecule has 0 amide bonds. The van der Waals surface area contributed by atoms with Gasteiger partial charge in [-0.25, -0.2) is 0 Å². The Morgan fingerprint density at radius 3 is 1.98 bits per heavy atom. The molecule has 7 aliphatic rings. The number of aliphatic hydroxyl groups excluding tert-OH is 9. The molecule has 0 aromatic carbocycles. The number of fused-ring (bicyclic) bond motifs is 7. The van der Waals surface area contributed by atoms with Gasteiger partial charge in [0.05, 0.1) is 31.3 Å². The Hall–Kier alpha value is -1.27. The maximum Gasteiger partial charge on any atom is 0.314 e. The van der Waals surface area contributed by atoms with Crippen molar-refractivity contribution >= 4 is 5.97 Å². The topological polar surface area (TPSA) is 236 Å². The molecule has 0 bridgehead atoms. The zero-order chi connectivity index (χ0) is 40.9. The van der Waals surface area contributed by atoms with Gasteiger partial charge in [-0.1, -0.05) is 39.8 Å². The van der Waals surface area contributed by atoms with Crippen LogP contribution in [0.15, 0.2) is 12.2 Å². The highest BCUT2D eigenvalue weighted by Crippen LogP contribution is 2.77. The van der Waals surface area contributed by atoms with Crippen molar-refractivity contribution < 1.29 is 69.7 Å². The summed E-state index contributed by atoms with van der Waals surface area (Å²) in [6.07, 6.45) is -8.41. The molecule has 0 unspecified atom stereocenters. The minimum atomic E-state index is -1.78. The third-order valence-corrected chi connectivity index (χ3v) is 17.8. The summed E-state index contributed by atoms with van der Waals surface area (Å²) in [5.41, 5.74) is -0.624. The number of carbonyl (C=O) groups excluding carboxylic acids is 1. The molecular weight excluding hydrogens is 728 g/mol. The van der Waals surface area contributed by atoms with Crippen LogP contribution in [0.4, 0.5) is 0 Å². The number of hydrogen-bond acceptors (Lipinski definition) is 14. The first-order valence-electron chi connectivity index (χ1n) is 21.0. The molecule has 0 spiro atoms. The number of ether oxygens (including phenoxy) is 4. The van der Waals surface area contributed by atoms with Crippen molar-refractivity contribution in [2.75, 3.05) is 19.8 Å². The highest BCUT2D eigenvalue weighted by atomic mass is 16.7. The van der Waals surface area contributed by atoms with Crippen molar-refractivity contribution in [2.45, 2.75) is 166 Å². The van der Waals surface area contributed by atoms with Gasteiger partial charge in [-0.3, -0.25) is 4.79 Å². The van der Waals surface area contributed by atoms with Crippen LogP contribution in [-0.2, 0) is 23.7 Å². The number of allylic oxidation sites excluding steroid dienone is 1. The van der Waals surface area contributed by atoms with Crippen molar-refractivity contribution in [3.8, 4) is 0 Å². The van der Waals surface area contributed by atoms with Crippen LogP contribution >= 0.6 is 0 Å². The number of hydrogen-bond donors (Lipinski definition) is 9. The fourth-order valence-electron chi connectivity index (χ4n) is 14.3. The van der Waals surface area contributed by atoms with Crippen LogP contribution in [0.2, 0.25) is 0 Å². The van der Waals surface area contributed by atoms with Crippen molar-refractivity contribution in [3.63, 3.8) is 0 Å². The van der Waals surface area contributed by atoms with Crippen LogP contribution in [0.1, 0.15) is 98.8 Å². The van der Waals surface area contributed by atoms with E-state index in [9.17, 15) is 50.8 Å². The Balaban J connectivity index is 1.11. The van der Waals surface area contributed by atoms with Crippen LogP contribution in [0, 0.1) is 56.7 Å².